The van der Waals surface area contributed by atoms with Crippen molar-refractivity contribution in [1.29, 1.82) is 0 Å². The number of piperidine rings is 1. The second-order valence-corrected chi connectivity index (χ2v) is 12.1. The Morgan fingerprint density at radius 2 is 1.66 bits per heavy atom. The Morgan fingerprint density at radius 1 is 0.902 bits per heavy atom. The molecule has 0 bridgehead atoms. The summed E-state index contributed by atoms with van der Waals surface area (Å²) in [6.45, 7) is 3.68. The molecule has 1 saturated heterocycles. The zero-order chi connectivity index (χ0) is 28.5. The average molecular weight is 555 g/mol. The molecule has 6 rings (SSSR count). The van der Waals surface area contributed by atoms with Crippen LogP contribution < -0.4 is 10.6 Å². The van der Waals surface area contributed by atoms with Crippen molar-refractivity contribution in [2.75, 3.05) is 10.6 Å². The first-order valence-electron chi connectivity index (χ1n) is 15.1. The molecule has 6 nitrogen and oxygen atoms in total. The molecular weight excluding hydrogens is 515 g/mol. The Balaban J connectivity index is 1.39. The van der Waals surface area contributed by atoms with Crippen LogP contribution in [0.15, 0.2) is 60.8 Å². The van der Waals surface area contributed by atoms with E-state index in [4.69, 9.17) is 0 Å². The predicted molar refractivity (Wildman–Crippen MR) is 159 cm³/mol. The fourth-order valence-electron chi connectivity index (χ4n) is 7.32. The lowest BCUT2D eigenvalue weighted by Gasteiger charge is -2.48. The van der Waals surface area contributed by atoms with Gasteiger partial charge in [-0.15, -0.1) is 0 Å². The van der Waals surface area contributed by atoms with E-state index in [9.17, 15) is 9.59 Å². The summed E-state index contributed by atoms with van der Waals surface area (Å²) in [4.78, 5) is 34.6. The molecule has 7 heteroatoms. The normalized spacial score (nSPS) is 24.2. The van der Waals surface area contributed by atoms with Crippen LogP contribution in [0.25, 0.3) is 0 Å². The molecule has 41 heavy (non-hydrogen) atoms. The van der Waals surface area contributed by atoms with Crippen LogP contribution in [0.2, 0.25) is 0 Å². The number of hydrogen-bond donors (Lipinski definition) is 2. The van der Waals surface area contributed by atoms with Gasteiger partial charge in [0.1, 0.15) is 5.82 Å². The number of benzene rings is 2. The Hall–Kier alpha value is -3.74. The van der Waals surface area contributed by atoms with Gasteiger partial charge < -0.3 is 15.5 Å². The predicted octanol–water partition coefficient (Wildman–Crippen LogP) is 7.20. The number of pyridine rings is 1. The third kappa shape index (κ3) is 5.59. The second kappa shape index (κ2) is 11.6. The summed E-state index contributed by atoms with van der Waals surface area (Å²) < 4.78 is 15.2. The number of nitrogens with zero attached hydrogens (tertiary/aromatic N) is 2. The molecular formula is C34H39FN4O2. The molecule has 2 heterocycles. The van der Waals surface area contributed by atoms with Gasteiger partial charge in [0.15, 0.2) is 0 Å². The maximum Gasteiger partial charge on any atom is 0.257 e. The minimum Gasteiger partial charge on any atom is -0.382 e. The molecule has 2 aromatic carbocycles. The number of anilines is 2. The van der Waals surface area contributed by atoms with Gasteiger partial charge in [0.05, 0.1) is 29.4 Å². The molecule has 2 saturated carbocycles. The first-order valence-corrected chi connectivity index (χ1v) is 15.1. The van der Waals surface area contributed by atoms with Gasteiger partial charge in [-0.2, -0.15) is 0 Å². The van der Waals surface area contributed by atoms with Crippen molar-refractivity contribution in [1.82, 2.24) is 9.88 Å². The fourth-order valence-corrected chi connectivity index (χ4v) is 7.32. The largest absolute Gasteiger partial charge is 0.382 e. The molecule has 0 spiro atoms. The zero-order valence-corrected chi connectivity index (χ0v) is 23.9. The first-order chi connectivity index (χ1) is 19.9. The highest BCUT2D eigenvalue weighted by molar-refractivity contribution is 5.98. The average Bonchev–Trinajstić information content (AvgIpc) is 3.66. The van der Waals surface area contributed by atoms with E-state index in [1.54, 1.807) is 25.3 Å². The minimum absolute atomic E-state index is 0.0344. The van der Waals surface area contributed by atoms with Gasteiger partial charge in [0.2, 0.25) is 5.91 Å². The number of carbonyl (C=O) groups is 2. The van der Waals surface area contributed by atoms with Crippen LogP contribution in [0, 0.1) is 31.5 Å². The molecule has 2 N–H and O–H groups in total. The van der Waals surface area contributed by atoms with Crippen molar-refractivity contribution in [3.63, 3.8) is 0 Å². The van der Waals surface area contributed by atoms with Crippen molar-refractivity contribution < 1.29 is 14.0 Å². The van der Waals surface area contributed by atoms with Gasteiger partial charge in [-0.05, 0) is 93.3 Å². The van der Waals surface area contributed by atoms with Crippen LogP contribution in [-0.2, 0) is 4.79 Å². The van der Waals surface area contributed by atoms with Gasteiger partial charge in [-0.1, -0.05) is 43.5 Å². The fraction of sp³-hybridized carbons (Fsp3) is 0.441. The van der Waals surface area contributed by atoms with Crippen LogP contribution in [0.4, 0.5) is 15.8 Å². The molecule has 0 radical (unpaired) electrons. The lowest BCUT2D eigenvalue weighted by molar-refractivity contribution is -0.125. The number of carbonyl (C=O) groups excluding carboxylic acids is 2. The van der Waals surface area contributed by atoms with Crippen LogP contribution in [0.1, 0.15) is 84.6 Å². The Labute approximate surface area is 241 Å². The van der Waals surface area contributed by atoms with Crippen molar-refractivity contribution in [2.24, 2.45) is 11.8 Å². The van der Waals surface area contributed by atoms with E-state index >= 15 is 4.39 Å². The molecule has 1 aliphatic heterocycles. The Bertz CT molecular complexity index is 1380. The van der Waals surface area contributed by atoms with E-state index in [2.05, 4.69) is 27.8 Å². The molecule has 2 amide bonds. The highest BCUT2D eigenvalue weighted by atomic mass is 19.1. The number of likely N-dealkylation sites (tertiary alicyclic amines) is 1. The van der Waals surface area contributed by atoms with Crippen molar-refractivity contribution in [3.8, 4) is 0 Å². The third-order valence-electron chi connectivity index (χ3n) is 9.38. The number of rotatable bonds is 6. The van der Waals surface area contributed by atoms with Crippen LogP contribution in [-0.4, -0.2) is 33.8 Å². The van der Waals surface area contributed by atoms with Gasteiger partial charge >= 0.3 is 0 Å². The van der Waals surface area contributed by atoms with E-state index in [0.717, 1.165) is 36.2 Å². The van der Waals surface area contributed by atoms with Gasteiger partial charge in [-0.3, -0.25) is 14.6 Å². The number of aromatic nitrogens is 1. The van der Waals surface area contributed by atoms with Gasteiger partial charge in [-0.25, -0.2) is 4.39 Å². The number of amides is 2. The van der Waals surface area contributed by atoms with E-state index in [1.165, 1.54) is 31.7 Å². The van der Waals surface area contributed by atoms with Crippen LogP contribution in [0.5, 0.6) is 0 Å². The second-order valence-electron chi connectivity index (χ2n) is 12.1. The molecule has 3 aliphatic rings. The van der Waals surface area contributed by atoms with Gasteiger partial charge in [0.25, 0.3) is 5.91 Å². The Morgan fingerprint density at radius 3 is 2.37 bits per heavy atom. The topological polar surface area (TPSA) is 74.3 Å². The summed E-state index contributed by atoms with van der Waals surface area (Å²) in [5.74, 6) is -1.28. The summed E-state index contributed by atoms with van der Waals surface area (Å²) in [6.07, 6.45) is 10.0. The molecule has 4 atom stereocenters. The summed E-state index contributed by atoms with van der Waals surface area (Å²) in [7, 11) is 0. The smallest absolute Gasteiger partial charge is 0.257 e. The highest BCUT2D eigenvalue weighted by Gasteiger charge is 2.50. The number of hydrogen-bond acceptors (Lipinski definition) is 4. The zero-order valence-electron chi connectivity index (χ0n) is 23.9. The molecule has 3 fully saturated rings. The molecule has 1 aromatic heterocycles. The number of fused-ring (bicyclic) bond motifs is 1. The van der Waals surface area contributed by atoms with E-state index < -0.39 is 17.8 Å². The van der Waals surface area contributed by atoms with Crippen molar-refractivity contribution >= 4 is 23.2 Å². The highest BCUT2D eigenvalue weighted by Crippen LogP contribution is 2.49. The van der Waals surface area contributed by atoms with Crippen molar-refractivity contribution in [3.05, 3.63) is 89.0 Å². The summed E-state index contributed by atoms with van der Waals surface area (Å²) >= 11 is 0. The van der Waals surface area contributed by atoms with Crippen molar-refractivity contribution in [2.45, 2.75) is 83.3 Å². The quantitative estimate of drug-likeness (QED) is 0.338. The molecule has 3 aromatic rings. The van der Waals surface area contributed by atoms with E-state index in [0.29, 0.717) is 23.7 Å². The number of nitrogens with one attached hydrogen (secondary N) is 2. The third-order valence-corrected chi connectivity index (χ3v) is 9.38. The van der Waals surface area contributed by atoms with E-state index in [-0.39, 0.29) is 29.3 Å². The maximum atomic E-state index is 15.2. The standard InChI is InChI=1S/C34H39FN4O2/c1-21-7-5-11-29(35)31(21)34(41)39-30-12-6-8-24(30)19-28(33(40)38-27-16-13-22(2)36-20-27)32(39)23-14-17-26(18-15-23)37-25-9-3-4-10-25/h5,7,11,13-18,20,24-25,28,30,32,37H,3-4,6,8-10,12,19H2,1-2H3,(H,38,40)/t24-,28+,30-,32+/m1/s1. The van der Waals surface area contributed by atoms with Crippen LogP contribution in [0.3, 0.4) is 0 Å². The number of aryl methyl sites for hydroxylation is 2. The summed E-state index contributed by atoms with van der Waals surface area (Å²) in [5.41, 5.74) is 4.16. The van der Waals surface area contributed by atoms with E-state index in [1.807, 2.05) is 36.1 Å². The van der Waals surface area contributed by atoms with Crippen LogP contribution >= 0.6 is 0 Å². The lowest BCUT2D eigenvalue weighted by Crippen LogP contribution is -2.54. The maximum absolute atomic E-state index is 15.2. The Kier molecular flexibility index (Phi) is 7.78. The SMILES string of the molecule is Cc1ccc(NC(=O)[C@H]2C[C@H]3CCC[C@H]3N(C(=O)c3c(C)cccc3F)[C@H]2c2ccc(NC3CCCC3)cc2)cn1. The van der Waals surface area contributed by atoms with Gasteiger partial charge in [0, 0.05) is 23.5 Å². The molecule has 2 aliphatic carbocycles. The first kappa shape index (κ1) is 27.4. The summed E-state index contributed by atoms with van der Waals surface area (Å²) in [6, 6.07) is 16.6. The molecule has 214 valence electrons. The number of halogens is 1. The molecule has 0 unspecified atom stereocenters. The summed E-state index contributed by atoms with van der Waals surface area (Å²) in [5, 5.41) is 6.71. The minimum atomic E-state index is -0.517. The lowest BCUT2D eigenvalue weighted by atomic mass is 9.76. The monoisotopic (exact) mass is 554 g/mol.